The van der Waals surface area contributed by atoms with Crippen molar-refractivity contribution in [1.82, 2.24) is 5.16 Å². The minimum Gasteiger partial charge on any atom is -0.461 e. The van der Waals surface area contributed by atoms with Crippen LogP contribution in [0.15, 0.2) is 56.8 Å². The molecule has 10 heteroatoms. The van der Waals surface area contributed by atoms with Crippen LogP contribution in [0.2, 0.25) is 0 Å². The average molecular weight is 398 g/mol. The first-order valence-electron chi connectivity index (χ1n) is 8.96. The van der Waals surface area contributed by atoms with Crippen molar-refractivity contribution in [2.75, 3.05) is 31.2 Å². The molecule has 1 aliphatic heterocycles. The van der Waals surface area contributed by atoms with E-state index in [1.807, 2.05) is 4.90 Å². The fourth-order valence-corrected chi connectivity index (χ4v) is 2.95. The molecular formula is C19H18N4O6. The predicted molar refractivity (Wildman–Crippen MR) is 103 cm³/mol. The molecule has 1 aromatic carbocycles. The number of morpholine rings is 1. The number of rotatable bonds is 7. The van der Waals surface area contributed by atoms with E-state index in [-0.39, 0.29) is 12.3 Å². The van der Waals surface area contributed by atoms with Gasteiger partial charge in [-0.15, -0.1) is 0 Å². The van der Waals surface area contributed by atoms with Gasteiger partial charge in [0, 0.05) is 30.8 Å². The number of nitrogens with zero attached hydrogens (tertiary/aromatic N) is 4. The molecular weight excluding hydrogens is 380 g/mol. The first kappa shape index (κ1) is 18.7. The van der Waals surface area contributed by atoms with Crippen LogP contribution >= 0.6 is 0 Å². The Bertz CT molecular complexity index is 992. The molecule has 0 unspecified atom stereocenters. The highest BCUT2D eigenvalue weighted by Crippen LogP contribution is 2.29. The smallest absolute Gasteiger partial charge is 0.293 e. The summed E-state index contributed by atoms with van der Waals surface area (Å²) in [6.07, 6.45) is 2.96. The molecule has 0 bridgehead atoms. The lowest BCUT2D eigenvalue weighted by atomic mass is 10.1. The molecule has 0 amide bonds. The summed E-state index contributed by atoms with van der Waals surface area (Å²) in [7, 11) is 0. The summed E-state index contributed by atoms with van der Waals surface area (Å²) in [5, 5.41) is 19.2. The highest BCUT2D eigenvalue weighted by molar-refractivity contribution is 5.82. The van der Waals surface area contributed by atoms with Gasteiger partial charge in [0.2, 0.25) is 5.76 Å². The Morgan fingerprint density at radius 1 is 1.24 bits per heavy atom. The van der Waals surface area contributed by atoms with Gasteiger partial charge in [-0.3, -0.25) is 10.1 Å². The van der Waals surface area contributed by atoms with Crippen LogP contribution in [-0.4, -0.2) is 42.6 Å². The van der Waals surface area contributed by atoms with E-state index in [1.165, 1.54) is 12.3 Å². The number of nitro benzene ring substituents is 1. The van der Waals surface area contributed by atoms with Gasteiger partial charge >= 0.3 is 0 Å². The van der Waals surface area contributed by atoms with Gasteiger partial charge < -0.3 is 23.4 Å². The van der Waals surface area contributed by atoms with Gasteiger partial charge in [0.25, 0.3) is 5.69 Å². The van der Waals surface area contributed by atoms with Crippen LogP contribution in [0, 0.1) is 10.1 Å². The molecule has 0 aliphatic carbocycles. The van der Waals surface area contributed by atoms with Crippen molar-refractivity contribution in [3.8, 4) is 11.5 Å². The quantitative estimate of drug-likeness (QED) is 0.338. The summed E-state index contributed by atoms with van der Waals surface area (Å²) >= 11 is 0. The lowest BCUT2D eigenvalue weighted by Gasteiger charge is -2.28. The van der Waals surface area contributed by atoms with Crippen LogP contribution in [0.4, 0.5) is 11.4 Å². The third-order valence-corrected chi connectivity index (χ3v) is 4.36. The monoisotopic (exact) mass is 398 g/mol. The van der Waals surface area contributed by atoms with Gasteiger partial charge in [0.15, 0.2) is 12.4 Å². The molecule has 29 heavy (non-hydrogen) atoms. The molecule has 0 saturated carbocycles. The summed E-state index contributed by atoms with van der Waals surface area (Å²) in [5.41, 5.74) is 1.70. The van der Waals surface area contributed by atoms with Crippen molar-refractivity contribution in [3.05, 3.63) is 64.0 Å². The maximum atomic E-state index is 11.5. The number of aromatic nitrogens is 1. The fourth-order valence-electron chi connectivity index (χ4n) is 2.95. The molecule has 1 fully saturated rings. The maximum absolute atomic E-state index is 11.5. The first-order valence-corrected chi connectivity index (χ1v) is 8.96. The van der Waals surface area contributed by atoms with Crippen LogP contribution in [0.1, 0.15) is 11.3 Å². The minimum absolute atomic E-state index is 0.0236. The number of benzene rings is 1. The van der Waals surface area contributed by atoms with Crippen LogP contribution in [0.5, 0.6) is 0 Å². The van der Waals surface area contributed by atoms with Gasteiger partial charge in [-0.1, -0.05) is 16.4 Å². The van der Waals surface area contributed by atoms with Gasteiger partial charge in [-0.2, -0.15) is 0 Å². The number of ether oxygens (including phenoxy) is 1. The molecule has 3 heterocycles. The number of oxime groups is 1. The second-order valence-electron chi connectivity index (χ2n) is 6.27. The van der Waals surface area contributed by atoms with E-state index in [9.17, 15) is 10.1 Å². The molecule has 0 spiro atoms. The Labute approximate surface area is 165 Å². The normalized spacial score (nSPS) is 14.4. The number of hydrogen-bond acceptors (Lipinski definition) is 9. The molecule has 3 aromatic rings. The second-order valence-corrected chi connectivity index (χ2v) is 6.27. The summed E-state index contributed by atoms with van der Waals surface area (Å²) < 4.78 is 15.7. The molecule has 4 rings (SSSR count). The summed E-state index contributed by atoms with van der Waals surface area (Å²) in [5.74, 6) is 1.06. The molecule has 2 aromatic heterocycles. The second kappa shape index (κ2) is 8.57. The summed E-state index contributed by atoms with van der Waals surface area (Å²) in [6.45, 7) is 2.44. The number of hydrogen-bond donors (Lipinski definition) is 0. The molecule has 0 radical (unpaired) electrons. The van der Waals surface area contributed by atoms with Crippen molar-refractivity contribution < 1.29 is 23.4 Å². The number of nitro groups is 1. The molecule has 10 nitrogen and oxygen atoms in total. The van der Waals surface area contributed by atoms with Gasteiger partial charge in [0.1, 0.15) is 11.4 Å². The average Bonchev–Trinajstić information content (AvgIpc) is 3.43. The summed E-state index contributed by atoms with van der Waals surface area (Å²) in [4.78, 5) is 18.2. The van der Waals surface area contributed by atoms with Crippen LogP contribution in [0.3, 0.4) is 0 Å². The van der Waals surface area contributed by atoms with Crippen LogP contribution in [0.25, 0.3) is 11.5 Å². The molecule has 1 saturated heterocycles. The Balaban J connectivity index is 1.39. The largest absolute Gasteiger partial charge is 0.461 e. The molecule has 0 N–H and O–H groups in total. The lowest BCUT2D eigenvalue weighted by Crippen LogP contribution is -2.36. The van der Waals surface area contributed by atoms with Crippen molar-refractivity contribution in [2.45, 2.75) is 6.61 Å². The van der Waals surface area contributed by atoms with Crippen LogP contribution in [-0.2, 0) is 16.2 Å². The van der Waals surface area contributed by atoms with Crippen LogP contribution < -0.4 is 4.90 Å². The van der Waals surface area contributed by atoms with E-state index in [1.54, 1.807) is 36.6 Å². The standard InChI is InChI=1S/C19H18N4O6/c24-23(25)17-10-14(3-4-16(17)22-5-8-26-9-6-22)12-20-28-13-15-11-19(29-21-15)18-2-1-7-27-18/h1-4,7,10-12H,5-6,8-9,13H2/b20-12-. The minimum atomic E-state index is -0.394. The molecule has 150 valence electrons. The fraction of sp³-hybridized carbons (Fsp3) is 0.263. The van der Waals surface area contributed by atoms with E-state index >= 15 is 0 Å². The Hall–Kier alpha value is -3.66. The zero-order chi connectivity index (χ0) is 20.1. The highest BCUT2D eigenvalue weighted by atomic mass is 16.6. The van der Waals surface area contributed by atoms with Gasteiger partial charge in [0.05, 0.1) is 30.6 Å². The zero-order valence-electron chi connectivity index (χ0n) is 15.4. The van der Waals surface area contributed by atoms with E-state index in [2.05, 4.69) is 10.3 Å². The SMILES string of the molecule is O=[N+]([O-])c1cc(/C=N\OCc2cc(-c3ccco3)on2)ccc1N1CCOCC1. The van der Waals surface area contributed by atoms with Gasteiger partial charge in [-0.25, -0.2) is 0 Å². The van der Waals surface area contributed by atoms with Crippen molar-refractivity contribution >= 4 is 17.6 Å². The molecule has 1 aliphatic rings. The van der Waals surface area contributed by atoms with E-state index < -0.39 is 4.92 Å². The third-order valence-electron chi connectivity index (χ3n) is 4.36. The van der Waals surface area contributed by atoms with E-state index in [4.69, 9.17) is 18.5 Å². The lowest BCUT2D eigenvalue weighted by molar-refractivity contribution is -0.384. The molecule has 0 atom stereocenters. The topological polar surface area (TPSA) is 116 Å². The zero-order valence-corrected chi connectivity index (χ0v) is 15.4. The Morgan fingerprint density at radius 3 is 2.86 bits per heavy atom. The number of furan rings is 1. The Kier molecular flexibility index (Phi) is 5.52. The third kappa shape index (κ3) is 4.43. The Morgan fingerprint density at radius 2 is 2.10 bits per heavy atom. The predicted octanol–water partition coefficient (Wildman–Crippen LogP) is 3.23. The number of anilines is 1. The van der Waals surface area contributed by atoms with Gasteiger partial charge in [-0.05, 0) is 18.2 Å². The maximum Gasteiger partial charge on any atom is 0.293 e. The highest BCUT2D eigenvalue weighted by Gasteiger charge is 2.21. The van der Waals surface area contributed by atoms with E-state index in [0.29, 0.717) is 54.8 Å². The van der Waals surface area contributed by atoms with Crippen molar-refractivity contribution in [3.63, 3.8) is 0 Å². The van der Waals surface area contributed by atoms with Crippen molar-refractivity contribution in [2.24, 2.45) is 5.16 Å². The van der Waals surface area contributed by atoms with E-state index in [0.717, 1.165) is 0 Å². The summed E-state index contributed by atoms with van der Waals surface area (Å²) in [6, 6.07) is 10.2. The first-order chi connectivity index (χ1) is 14.2. The van der Waals surface area contributed by atoms with Crippen molar-refractivity contribution in [1.29, 1.82) is 0 Å².